The topological polar surface area (TPSA) is 83.6 Å². The van der Waals surface area contributed by atoms with Crippen molar-refractivity contribution in [3.63, 3.8) is 0 Å². The van der Waals surface area contributed by atoms with Crippen molar-refractivity contribution in [1.82, 2.24) is 4.90 Å². The first-order valence-corrected chi connectivity index (χ1v) is 7.99. The van der Waals surface area contributed by atoms with Crippen molar-refractivity contribution in [1.29, 1.82) is 0 Å². The first-order chi connectivity index (χ1) is 8.71. The maximum Gasteiger partial charge on any atom is 0.175 e. The van der Waals surface area contributed by atoms with Gasteiger partial charge in [0.05, 0.1) is 11.0 Å². The van der Waals surface area contributed by atoms with Crippen LogP contribution in [0.25, 0.3) is 0 Å². The number of nitrogens with two attached hydrogens (primary N) is 1. The smallest absolute Gasteiger partial charge is 0.175 e. The van der Waals surface area contributed by atoms with Crippen molar-refractivity contribution in [2.75, 3.05) is 26.9 Å². The molecule has 5 nitrogen and oxygen atoms in total. The molecule has 0 aliphatic heterocycles. The lowest BCUT2D eigenvalue weighted by Gasteiger charge is -2.21. The van der Waals surface area contributed by atoms with E-state index in [4.69, 9.17) is 5.73 Å². The third kappa shape index (κ3) is 4.91. The summed E-state index contributed by atoms with van der Waals surface area (Å²) in [6, 6.07) is 5.88. The summed E-state index contributed by atoms with van der Waals surface area (Å²) in [5, 5.41) is 10.2. The molecule has 1 aromatic carbocycles. The van der Waals surface area contributed by atoms with E-state index < -0.39 is 22.0 Å². The van der Waals surface area contributed by atoms with Crippen LogP contribution in [0.2, 0.25) is 0 Å². The van der Waals surface area contributed by atoms with Gasteiger partial charge in [-0.3, -0.25) is 0 Å². The molecule has 108 valence electrons. The Balaban J connectivity index is 2.85. The Hall–Kier alpha value is -0.950. The fourth-order valence-corrected chi connectivity index (χ4v) is 2.42. The van der Waals surface area contributed by atoms with Crippen LogP contribution < -0.4 is 5.73 Å². The molecule has 2 unspecified atom stereocenters. The Morgan fingerprint density at radius 3 is 2.53 bits per heavy atom. The highest BCUT2D eigenvalue weighted by atomic mass is 32.2. The zero-order chi connectivity index (χ0) is 14.6. The van der Waals surface area contributed by atoms with Gasteiger partial charge in [0.25, 0.3) is 0 Å². The molecular weight excluding hydrogens is 264 g/mol. The van der Waals surface area contributed by atoms with Gasteiger partial charge in [-0.15, -0.1) is 0 Å². The van der Waals surface area contributed by atoms with E-state index in [2.05, 4.69) is 0 Å². The molecule has 6 heteroatoms. The van der Waals surface area contributed by atoms with E-state index in [-0.39, 0.29) is 4.90 Å². The Kier molecular flexibility index (Phi) is 5.49. The molecule has 0 aromatic heterocycles. The van der Waals surface area contributed by atoms with Crippen LogP contribution in [0.1, 0.15) is 18.1 Å². The van der Waals surface area contributed by atoms with Crippen LogP contribution >= 0.6 is 0 Å². The minimum atomic E-state index is -3.27. The van der Waals surface area contributed by atoms with Gasteiger partial charge >= 0.3 is 0 Å². The molecule has 1 aromatic rings. The molecule has 0 amide bonds. The van der Waals surface area contributed by atoms with Crippen molar-refractivity contribution >= 4 is 9.84 Å². The van der Waals surface area contributed by atoms with E-state index >= 15 is 0 Å². The monoisotopic (exact) mass is 286 g/mol. The van der Waals surface area contributed by atoms with Gasteiger partial charge in [0.1, 0.15) is 0 Å². The first-order valence-electron chi connectivity index (χ1n) is 6.10. The predicted molar refractivity (Wildman–Crippen MR) is 75.7 cm³/mol. The van der Waals surface area contributed by atoms with Crippen LogP contribution in [0.4, 0.5) is 0 Å². The summed E-state index contributed by atoms with van der Waals surface area (Å²) >= 11 is 0. The van der Waals surface area contributed by atoms with Crippen LogP contribution in [-0.2, 0) is 9.84 Å². The molecule has 1 rings (SSSR count). The van der Waals surface area contributed by atoms with E-state index in [9.17, 15) is 13.5 Å². The lowest BCUT2D eigenvalue weighted by Crippen LogP contribution is -2.32. The maximum absolute atomic E-state index is 11.5. The molecule has 0 fully saturated rings. The lowest BCUT2D eigenvalue weighted by atomic mass is 10.0. The molecule has 2 atom stereocenters. The van der Waals surface area contributed by atoms with Gasteiger partial charge in [0.15, 0.2) is 9.84 Å². The van der Waals surface area contributed by atoms with Crippen LogP contribution in [0.15, 0.2) is 29.2 Å². The van der Waals surface area contributed by atoms with Crippen LogP contribution in [0.5, 0.6) is 0 Å². The van der Waals surface area contributed by atoms with E-state index in [0.717, 1.165) is 12.8 Å². The summed E-state index contributed by atoms with van der Waals surface area (Å²) in [6.45, 7) is 0.768. The van der Waals surface area contributed by atoms with Crippen molar-refractivity contribution in [3.05, 3.63) is 29.8 Å². The summed E-state index contributed by atoms with van der Waals surface area (Å²) in [5.74, 6) is 0. The number of aliphatic hydroxyl groups is 1. The summed E-state index contributed by atoms with van der Waals surface area (Å²) in [7, 11) is 0.597. The molecular formula is C13H22N2O3S. The minimum Gasteiger partial charge on any atom is -0.387 e. The zero-order valence-corrected chi connectivity index (χ0v) is 12.4. The van der Waals surface area contributed by atoms with E-state index in [0.29, 0.717) is 12.0 Å². The normalized spacial score (nSPS) is 15.5. The van der Waals surface area contributed by atoms with Crippen molar-refractivity contribution in [2.45, 2.75) is 23.5 Å². The summed E-state index contributed by atoms with van der Waals surface area (Å²) in [4.78, 5) is 2.18. The van der Waals surface area contributed by atoms with Gasteiger partial charge in [-0.25, -0.2) is 8.42 Å². The Morgan fingerprint density at radius 2 is 2.00 bits per heavy atom. The lowest BCUT2D eigenvalue weighted by molar-refractivity contribution is 0.137. The summed E-state index contributed by atoms with van der Waals surface area (Å²) < 4.78 is 22.9. The number of sulfone groups is 1. The Bertz CT molecular complexity index is 514. The number of aliphatic hydroxyl groups excluding tert-OH is 1. The molecule has 0 saturated heterocycles. The zero-order valence-electron chi connectivity index (χ0n) is 11.6. The molecule has 3 N–H and O–H groups in total. The average molecular weight is 286 g/mol. The third-order valence-electron chi connectivity index (χ3n) is 2.94. The van der Waals surface area contributed by atoms with Gasteiger partial charge in [-0.1, -0.05) is 12.1 Å². The number of nitrogens with zero attached hydrogens (tertiary/aromatic N) is 1. The second kappa shape index (κ2) is 6.47. The van der Waals surface area contributed by atoms with Crippen LogP contribution in [0, 0.1) is 0 Å². The second-order valence-electron chi connectivity index (χ2n) is 5.05. The molecule has 19 heavy (non-hydrogen) atoms. The quantitative estimate of drug-likeness (QED) is 0.791. The third-order valence-corrected chi connectivity index (χ3v) is 4.05. The Labute approximate surface area is 115 Å². The number of hydrogen-bond acceptors (Lipinski definition) is 5. The largest absolute Gasteiger partial charge is 0.387 e. The summed E-state index contributed by atoms with van der Waals surface area (Å²) in [6.07, 6.45) is 0.920. The van der Waals surface area contributed by atoms with E-state index in [1.54, 1.807) is 12.1 Å². The van der Waals surface area contributed by atoms with Gasteiger partial charge in [0, 0.05) is 12.3 Å². The molecule has 0 radical (unpaired) electrons. The maximum atomic E-state index is 11.5. The molecule has 0 aliphatic rings. The molecule has 0 heterocycles. The molecule has 0 spiro atoms. The van der Waals surface area contributed by atoms with Crippen LogP contribution in [-0.4, -0.2) is 51.4 Å². The molecule has 0 bridgehead atoms. The average Bonchev–Trinajstić information content (AvgIpc) is 2.34. The highest BCUT2D eigenvalue weighted by molar-refractivity contribution is 7.90. The fraction of sp³-hybridized carbons (Fsp3) is 0.538. The first kappa shape index (κ1) is 16.1. The highest BCUT2D eigenvalue weighted by Gasteiger charge is 2.18. The van der Waals surface area contributed by atoms with Gasteiger partial charge in [-0.05, 0) is 44.8 Å². The van der Waals surface area contributed by atoms with Crippen molar-refractivity contribution < 1.29 is 13.5 Å². The standard InChI is InChI=1S/C13H22N2O3S/c1-15(2)8-7-12(14)13(16)10-5-4-6-11(9-10)19(3,17)18/h4-6,9,12-13,16H,7-8,14H2,1-3H3. The second-order valence-corrected chi connectivity index (χ2v) is 7.06. The van der Waals surface area contributed by atoms with Gasteiger partial charge in [-0.2, -0.15) is 0 Å². The molecule has 0 aliphatic carbocycles. The van der Waals surface area contributed by atoms with E-state index in [1.165, 1.54) is 12.1 Å². The SMILES string of the molecule is CN(C)CCC(N)C(O)c1cccc(S(C)(=O)=O)c1. The Morgan fingerprint density at radius 1 is 1.37 bits per heavy atom. The number of rotatable bonds is 6. The molecule has 0 saturated carbocycles. The summed E-state index contributed by atoms with van der Waals surface area (Å²) in [5.41, 5.74) is 6.47. The van der Waals surface area contributed by atoms with Crippen LogP contribution in [0.3, 0.4) is 0 Å². The van der Waals surface area contributed by atoms with Crippen molar-refractivity contribution in [3.8, 4) is 0 Å². The predicted octanol–water partition coefficient (Wildman–Crippen LogP) is 0.403. The number of benzene rings is 1. The fourth-order valence-electron chi connectivity index (χ4n) is 1.74. The minimum absolute atomic E-state index is 0.198. The van der Waals surface area contributed by atoms with Gasteiger partial charge in [0.2, 0.25) is 0 Å². The van der Waals surface area contributed by atoms with E-state index in [1.807, 2.05) is 19.0 Å². The van der Waals surface area contributed by atoms with Crippen molar-refractivity contribution in [2.24, 2.45) is 5.73 Å². The highest BCUT2D eigenvalue weighted by Crippen LogP contribution is 2.21. The number of hydrogen-bond donors (Lipinski definition) is 2. The van der Waals surface area contributed by atoms with Gasteiger partial charge < -0.3 is 15.7 Å².